The van der Waals surface area contributed by atoms with E-state index in [0.29, 0.717) is 12.2 Å². The molecule has 2 rings (SSSR count). The molecule has 20 heavy (non-hydrogen) atoms. The maximum absolute atomic E-state index is 12.1. The number of H-pyrrole nitrogens is 1. The standard InChI is InChI=1S/C13H22N4O2.ClH/c1-3-8(2)11(18)7-15-13(19)12-9-6-14-5-4-10(9)16-17-12;/h8,11,14,18H,3-7H2,1-2H3,(H,15,19)(H,16,17);1H. The van der Waals surface area contributed by atoms with Crippen LogP contribution >= 0.6 is 12.4 Å². The fourth-order valence-corrected chi connectivity index (χ4v) is 2.17. The second-order valence-corrected chi connectivity index (χ2v) is 5.12. The fraction of sp³-hybridized carbons (Fsp3) is 0.692. The van der Waals surface area contributed by atoms with Gasteiger partial charge >= 0.3 is 0 Å². The highest BCUT2D eigenvalue weighted by Gasteiger charge is 2.22. The maximum Gasteiger partial charge on any atom is 0.272 e. The van der Waals surface area contributed by atoms with Crippen LogP contribution in [-0.4, -0.2) is 40.4 Å². The molecule has 2 unspecified atom stereocenters. The largest absolute Gasteiger partial charge is 0.391 e. The van der Waals surface area contributed by atoms with E-state index in [-0.39, 0.29) is 30.8 Å². The van der Waals surface area contributed by atoms with Crippen molar-refractivity contribution in [3.05, 3.63) is 17.0 Å². The van der Waals surface area contributed by atoms with Crippen molar-refractivity contribution in [3.63, 3.8) is 0 Å². The number of hydrogen-bond donors (Lipinski definition) is 4. The van der Waals surface area contributed by atoms with Gasteiger partial charge in [-0.15, -0.1) is 12.4 Å². The number of aliphatic hydroxyl groups is 1. The first-order valence-electron chi connectivity index (χ1n) is 6.86. The second kappa shape index (κ2) is 7.61. The van der Waals surface area contributed by atoms with E-state index in [0.717, 1.165) is 30.6 Å². The molecular formula is C13H23ClN4O2. The smallest absolute Gasteiger partial charge is 0.272 e. The summed E-state index contributed by atoms with van der Waals surface area (Å²) in [4.78, 5) is 12.1. The molecular weight excluding hydrogens is 280 g/mol. The van der Waals surface area contributed by atoms with Crippen LogP contribution in [0, 0.1) is 5.92 Å². The highest BCUT2D eigenvalue weighted by Crippen LogP contribution is 2.15. The summed E-state index contributed by atoms with van der Waals surface area (Å²) in [6.45, 7) is 5.83. The number of nitrogens with zero attached hydrogens (tertiary/aromatic N) is 1. The molecule has 1 aliphatic rings. The van der Waals surface area contributed by atoms with Gasteiger partial charge in [0.15, 0.2) is 5.69 Å². The Balaban J connectivity index is 0.00000200. The topological polar surface area (TPSA) is 90.0 Å². The first-order valence-corrected chi connectivity index (χ1v) is 6.86. The molecule has 2 heterocycles. The molecule has 0 saturated heterocycles. The number of aromatic amines is 1. The van der Waals surface area contributed by atoms with Gasteiger partial charge in [-0.05, 0) is 5.92 Å². The molecule has 114 valence electrons. The molecule has 0 bridgehead atoms. The summed E-state index contributed by atoms with van der Waals surface area (Å²) in [6.07, 6.45) is 1.24. The number of carbonyl (C=O) groups excluding carboxylic acids is 1. The van der Waals surface area contributed by atoms with Crippen molar-refractivity contribution in [3.8, 4) is 0 Å². The summed E-state index contributed by atoms with van der Waals surface area (Å²) in [5.41, 5.74) is 2.42. The molecule has 0 aromatic carbocycles. The van der Waals surface area contributed by atoms with E-state index in [1.54, 1.807) is 0 Å². The zero-order valence-electron chi connectivity index (χ0n) is 11.9. The van der Waals surface area contributed by atoms with Crippen LogP contribution in [0.3, 0.4) is 0 Å². The minimum Gasteiger partial charge on any atom is -0.391 e. The molecule has 0 saturated carbocycles. The molecule has 4 N–H and O–H groups in total. The lowest BCUT2D eigenvalue weighted by molar-refractivity contribution is 0.0845. The molecule has 6 nitrogen and oxygen atoms in total. The highest BCUT2D eigenvalue weighted by molar-refractivity contribution is 5.94. The lowest BCUT2D eigenvalue weighted by atomic mass is 10.0. The van der Waals surface area contributed by atoms with Crippen LogP contribution in [0.1, 0.15) is 42.0 Å². The normalized spacial score (nSPS) is 16.8. The number of aliphatic hydroxyl groups excluding tert-OH is 1. The van der Waals surface area contributed by atoms with E-state index in [1.807, 2.05) is 13.8 Å². The summed E-state index contributed by atoms with van der Waals surface area (Å²) >= 11 is 0. The van der Waals surface area contributed by atoms with Crippen molar-refractivity contribution in [2.45, 2.75) is 39.3 Å². The van der Waals surface area contributed by atoms with Crippen LogP contribution in [0.4, 0.5) is 0 Å². The summed E-state index contributed by atoms with van der Waals surface area (Å²) in [6, 6.07) is 0. The van der Waals surface area contributed by atoms with E-state index in [1.165, 1.54) is 0 Å². The SMILES string of the molecule is CCC(C)C(O)CNC(=O)c1n[nH]c2c1CNCC2.Cl. The quantitative estimate of drug-likeness (QED) is 0.642. The van der Waals surface area contributed by atoms with Crippen molar-refractivity contribution in [1.29, 1.82) is 0 Å². The van der Waals surface area contributed by atoms with Crippen molar-refractivity contribution < 1.29 is 9.90 Å². The molecule has 0 radical (unpaired) electrons. The summed E-state index contributed by atoms with van der Waals surface area (Å²) < 4.78 is 0. The zero-order chi connectivity index (χ0) is 13.8. The van der Waals surface area contributed by atoms with Crippen LogP contribution in [0.25, 0.3) is 0 Å². The minimum atomic E-state index is -0.512. The third kappa shape index (κ3) is 3.71. The lowest BCUT2D eigenvalue weighted by Crippen LogP contribution is -2.36. The van der Waals surface area contributed by atoms with Crippen molar-refractivity contribution in [1.82, 2.24) is 20.8 Å². The lowest BCUT2D eigenvalue weighted by Gasteiger charge is -2.17. The van der Waals surface area contributed by atoms with E-state index in [4.69, 9.17) is 0 Å². The first kappa shape index (κ1) is 16.9. The first-order chi connectivity index (χ1) is 9.13. The van der Waals surface area contributed by atoms with Gasteiger partial charge < -0.3 is 15.7 Å². The molecule has 1 amide bonds. The maximum atomic E-state index is 12.1. The second-order valence-electron chi connectivity index (χ2n) is 5.12. The fourth-order valence-electron chi connectivity index (χ4n) is 2.17. The van der Waals surface area contributed by atoms with E-state index in [9.17, 15) is 9.90 Å². The Bertz CT molecular complexity index is 450. The number of carbonyl (C=O) groups is 1. The number of nitrogens with one attached hydrogen (secondary N) is 3. The molecule has 1 aliphatic heterocycles. The van der Waals surface area contributed by atoms with Crippen molar-refractivity contribution >= 4 is 18.3 Å². The van der Waals surface area contributed by atoms with E-state index < -0.39 is 6.10 Å². The molecule has 0 fully saturated rings. The van der Waals surface area contributed by atoms with Gasteiger partial charge in [-0.1, -0.05) is 20.3 Å². The minimum absolute atomic E-state index is 0. The van der Waals surface area contributed by atoms with Crippen LogP contribution in [0.15, 0.2) is 0 Å². The average molecular weight is 303 g/mol. The van der Waals surface area contributed by atoms with Crippen molar-refractivity contribution in [2.75, 3.05) is 13.1 Å². The Hall–Kier alpha value is -1.11. The third-order valence-corrected chi connectivity index (χ3v) is 3.79. The van der Waals surface area contributed by atoms with Gasteiger partial charge in [0.2, 0.25) is 0 Å². The van der Waals surface area contributed by atoms with Crippen LogP contribution in [-0.2, 0) is 13.0 Å². The Morgan fingerprint density at radius 2 is 2.30 bits per heavy atom. The molecule has 0 aliphatic carbocycles. The number of amides is 1. The monoisotopic (exact) mass is 302 g/mol. The number of fused-ring (bicyclic) bond motifs is 1. The number of hydrogen-bond acceptors (Lipinski definition) is 4. The van der Waals surface area contributed by atoms with Crippen LogP contribution in [0.2, 0.25) is 0 Å². The van der Waals surface area contributed by atoms with Gasteiger partial charge in [0.25, 0.3) is 5.91 Å². The van der Waals surface area contributed by atoms with Gasteiger partial charge in [-0.3, -0.25) is 9.89 Å². The highest BCUT2D eigenvalue weighted by atomic mass is 35.5. The Kier molecular flexibility index (Phi) is 6.45. The van der Waals surface area contributed by atoms with Gasteiger partial charge in [0.1, 0.15) is 0 Å². The predicted molar refractivity (Wildman–Crippen MR) is 79.0 cm³/mol. The summed E-state index contributed by atoms with van der Waals surface area (Å²) in [5.74, 6) is -0.0429. The summed E-state index contributed by atoms with van der Waals surface area (Å²) in [7, 11) is 0. The van der Waals surface area contributed by atoms with Crippen molar-refractivity contribution in [2.24, 2.45) is 5.92 Å². The van der Waals surface area contributed by atoms with Gasteiger partial charge in [-0.2, -0.15) is 5.10 Å². The average Bonchev–Trinajstić information content (AvgIpc) is 2.87. The van der Waals surface area contributed by atoms with Crippen LogP contribution in [0.5, 0.6) is 0 Å². The zero-order valence-corrected chi connectivity index (χ0v) is 12.7. The Morgan fingerprint density at radius 3 is 3.00 bits per heavy atom. The Morgan fingerprint density at radius 1 is 1.55 bits per heavy atom. The molecule has 1 aromatic heterocycles. The Labute approximate surface area is 125 Å². The van der Waals surface area contributed by atoms with E-state index >= 15 is 0 Å². The number of rotatable bonds is 5. The molecule has 0 spiro atoms. The molecule has 2 atom stereocenters. The third-order valence-electron chi connectivity index (χ3n) is 3.79. The van der Waals surface area contributed by atoms with Gasteiger partial charge in [0, 0.05) is 37.3 Å². The molecule has 7 heteroatoms. The molecule has 1 aromatic rings. The summed E-state index contributed by atoms with van der Waals surface area (Å²) in [5, 5.41) is 22.8. The predicted octanol–water partition coefficient (Wildman–Crippen LogP) is 0.614. The number of halogens is 1. The van der Waals surface area contributed by atoms with Gasteiger partial charge in [-0.25, -0.2) is 0 Å². The number of aromatic nitrogens is 2. The van der Waals surface area contributed by atoms with E-state index in [2.05, 4.69) is 20.8 Å². The van der Waals surface area contributed by atoms with Gasteiger partial charge in [0.05, 0.1) is 6.10 Å². The van der Waals surface area contributed by atoms with Crippen LogP contribution < -0.4 is 10.6 Å².